The summed E-state index contributed by atoms with van der Waals surface area (Å²) in [6.45, 7) is 6.70. The van der Waals surface area contributed by atoms with E-state index < -0.39 is 0 Å². The normalized spacial score (nSPS) is 21.1. The standard InChI is InChI=1S/C14H20N2O/c1-11-5-3-4-6-13(11)14(17)16-9-7-12(2)15-8-10-16/h3-6,12,15H,7-10H2,1-2H3. The average molecular weight is 232 g/mol. The van der Waals surface area contributed by atoms with Crippen molar-refractivity contribution in [1.82, 2.24) is 10.2 Å². The van der Waals surface area contributed by atoms with Crippen molar-refractivity contribution < 1.29 is 4.79 Å². The van der Waals surface area contributed by atoms with Gasteiger partial charge in [0.1, 0.15) is 0 Å². The molecule has 3 heteroatoms. The van der Waals surface area contributed by atoms with E-state index >= 15 is 0 Å². The average Bonchev–Trinajstić information content (AvgIpc) is 2.54. The topological polar surface area (TPSA) is 32.3 Å². The van der Waals surface area contributed by atoms with Gasteiger partial charge in [0.25, 0.3) is 5.91 Å². The predicted octanol–water partition coefficient (Wildman–Crippen LogP) is 1.82. The SMILES string of the molecule is Cc1ccccc1C(=O)N1CCNC(C)CC1. The molecule has 0 saturated carbocycles. The molecule has 1 heterocycles. The number of hydrogen-bond donors (Lipinski definition) is 1. The minimum Gasteiger partial charge on any atom is -0.337 e. The third-order valence-corrected chi connectivity index (χ3v) is 3.37. The van der Waals surface area contributed by atoms with Crippen molar-refractivity contribution in [1.29, 1.82) is 0 Å². The Balaban J connectivity index is 2.12. The van der Waals surface area contributed by atoms with Crippen molar-refractivity contribution in [3.8, 4) is 0 Å². The van der Waals surface area contributed by atoms with E-state index in [9.17, 15) is 4.79 Å². The van der Waals surface area contributed by atoms with Crippen molar-refractivity contribution in [3.63, 3.8) is 0 Å². The van der Waals surface area contributed by atoms with Crippen LogP contribution in [0.2, 0.25) is 0 Å². The molecule has 0 aromatic heterocycles. The van der Waals surface area contributed by atoms with Gasteiger partial charge in [-0.05, 0) is 31.9 Å². The number of rotatable bonds is 1. The van der Waals surface area contributed by atoms with Gasteiger partial charge in [-0.15, -0.1) is 0 Å². The van der Waals surface area contributed by atoms with Crippen molar-refractivity contribution in [2.24, 2.45) is 0 Å². The maximum atomic E-state index is 12.4. The van der Waals surface area contributed by atoms with E-state index in [1.807, 2.05) is 36.1 Å². The molecule has 1 fully saturated rings. The summed E-state index contributed by atoms with van der Waals surface area (Å²) in [7, 11) is 0. The molecule has 1 amide bonds. The molecule has 1 aromatic carbocycles. The van der Waals surface area contributed by atoms with Crippen LogP contribution in [0.25, 0.3) is 0 Å². The quantitative estimate of drug-likeness (QED) is 0.801. The summed E-state index contributed by atoms with van der Waals surface area (Å²) in [5.41, 5.74) is 1.89. The van der Waals surface area contributed by atoms with Gasteiger partial charge in [-0.2, -0.15) is 0 Å². The molecule has 1 unspecified atom stereocenters. The van der Waals surface area contributed by atoms with Gasteiger partial charge < -0.3 is 10.2 Å². The first-order valence-corrected chi connectivity index (χ1v) is 6.27. The largest absolute Gasteiger partial charge is 0.337 e. The van der Waals surface area contributed by atoms with E-state index in [0.29, 0.717) is 6.04 Å². The van der Waals surface area contributed by atoms with Gasteiger partial charge in [0.2, 0.25) is 0 Å². The Morgan fingerprint density at radius 2 is 2.12 bits per heavy atom. The number of benzene rings is 1. The second-order valence-electron chi connectivity index (χ2n) is 4.75. The Kier molecular flexibility index (Phi) is 3.79. The lowest BCUT2D eigenvalue weighted by Crippen LogP contribution is -2.34. The van der Waals surface area contributed by atoms with Crippen molar-refractivity contribution in [3.05, 3.63) is 35.4 Å². The van der Waals surface area contributed by atoms with E-state index in [-0.39, 0.29) is 5.91 Å². The third-order valence-electron chi connectivity index (χ3n) is 3.37. The van der Waals surface area contributed by atoms with Gasteiger partial charge in [-0.1, -0.05) is 18.2 Å². The molecular formula is C14H20N2O. The highest BCUT2D eigenvalue weighted by atomic mass is 16.2. The molecule has 1 aliphatic rings. The summed E-state index contributed by atoms with van der Waals surface area (Å²) < 4.78 is 0. The molecule has 3 nitrogen and oxygen atoms in total. The molecule has 0 spiro atoms. The molecule has 0 radical (unpaired) electrons. The Morgan fingerprint density at radius 3 is 2.88 bits per heavy atom. The van der Waals surface area contributed by atoms with E-state index in [1.54, 1.807) is 0 Å². The van der Waals surface area contributed by atoms with Crippen LogP contribution >= 0.6 is 0 Å². The van der Waals surface area contributed by atoms with Crippen LogP contribution < -0.4 is 5.32 Å². The van der Waals surface area contributed by atoms with Crippen LogP contribution in [0, 0.1) is 6.92 Å². The molecule has 1 N–H and O–H groups in total. The maximum Gasteiger partial charge on any atom is 0.254 e. The first-order valence-electron chi connectivity index (χ1n) is 6.27. The molecule has 0 bridgehead atoms. The van der Waals surface area contributed by atoms with Crippen LogP contribution in [0.1, 0.15) is 29.3 Å². The minimum absolute atomic E-state index is 0.166. The predicted molar refractivity (Wildman–Crippen MR) is 69.2 cm³/mol. The molecule has 1 aliphatic heterocycles. The molecule has 2 rings (SSSR count). The van der Waals surface area contributed by atoms with Crippen LogP contribution in [0.3, 0.4) is 0 Å². The second kappa shape index (κ2) is 5.32. The number of amides is 1. The molecule has 1 aromatic rings. The van der Waals surface area contributed by atoms with Crippen LogP contribution in [0.15, 0.2) is 24.3 Å². The first kappa shape index (κ1) is 12.1. The lowest BCUT2D eigenvalue weighted by molar-refractivity contribution is 0.0765. The van der Waals surface area contributed by atoms with E-state index in [0.717, 1.165) is 37.2 Å². The number of hydrogen-bond acceptors (Lipinski definition) is 2. The minimum atomic E-state index is 0.166. The first-order chi connectivity index (χ1) is 8.18. The van der Waals surface area contributed by atoms with Crippen LogP contribution in [0.5, 0.6) is 0 Å². The Hall–Kier alpha value is -1.35. The van der Waals surface area contributed by atoms with Crippen LogP contribution in [-0.4, -0.2) is 36.5 Å². The van der Waals surface area contributed by atoms with E-state index in [4.69, 9.17) is 0 Å². The Bertz CT molecular complexity index is 403. The molecule has 0 aliphatic carbocycles. The highest BCUT2D eigenvalue weighted by Gasteiger charge is 2.20. The summed E-state index contributed by atoms with van der Waals surface area (Å²) in [6, 6.07) is 8.31. The van der Waals surface area contributed by atoms with E-state index in [2.05, 4.69) is 12.2 Å². The van der Waals surface area contributed by atoms with Crippen molar-refractivity contribution >= 4 is 5.91 Å². The Labute approximate surface area is 103 Å². The number of nitrogens with one attached hydrogen (secondary N) is 1. The van der Waals surface area contributed by atoms with Gasteiger partial charge in [-0.25, -0.2) is 0 Å². The lowest BCUT2D eigenvalue weighted by Gasteiger charge is -2.21. The zero-order chi connectivity index (χ0) is 12.3. The molecule has 1 atom stereocenters. The van der Waals surface area contributed by atoms with E-state index in [1.165, 1.54) is 0 Å². The highest BCUT2D eigenvalue weighted by molar-refractivity contribution is 5.95. The smallest absolute Gasteiger partial charge is 0.254 e. The second-order valence-corrected chi connectivity index (χ2v) is 4.75. The number of carbonyl (C=O) groups excluding carboxylic acids is 1. The van der Waals surface area contributed by atoms with Crippen molar-refractivity contribution in [2.45, 2.75) is 26.3 Å². The number of nitrogens with zero attached hydrogens (tertiary/aromatic N) is 1. The molecule has 17 heavy (non-hydrogen) atoms. The van der Waals surface area contributed by atoms with Gasteiger partial charge in [0.15, 0.2) is 0 Å². The summed E-state index contributed by atoms with van der Waals surface area (Å²) in [5.74, 6) is 0.166. The highest BCUT2D eigenvalue weighted by Crippen LogP contribution is 2.12. The van der Waals surface area contributed by atoms with Gasteiger partial charge >= 0.3 is 0 Å². The summed E-state index contributed by atoms with van der Waals surface area (Å²) in [5, 5.41) is 3.40. The fourth-order valence-corrected chi connectivity index (χ4v) is 2.20. The molecule has 1 saturated heterocycles. The maximum absolute atomic E-state index is 12.4. The van der Waals surface area contributed by atoms with Crippen molar-refractivity contribution in [2.75, 3.05) is 19.6 Å². The zero-order valence-corrected chi connectivity index (χ0v) is 10.6. The van der Waals surface area contributed by atoms with Crippen LogP contribution in [-0.2, 0) is 0 Å². The zero-order valence-electron chi connectivity index (χ0n) is 10.6. The molecule has 92 valence electrons. The fourth-order valence-electron chi connectivity index (χ4n) is 2.20. The van der Waals surface area contributed by atoms with Gasteiger partial charge in [0, 0.05) is 31.2 Å². The lowest BCUT2D eigenvalue weighted by atomic mass is 10.1. The number of aryl methyl sites for hydroxylation is 1. The number of carbonyl (C=O) groups is 1. The van der Waals surface area contributed by atoms with Gasteiger partial charge in [-0.3, -0.25) is 4.79 Å². The summed E-state index contributed by atoms with van der Waals surface area (Å²) in [4.78, 5) is 14.3. The molecular weight excluding hydrogens is 212 g/mol. The summed E-state index contributed by atoms with van der Waals surface area (Å²) in [6.07, 6.45) is 1.03. The van der Waals surface area contributed by atoms with Crippen LogP contribution in [0.4, 0.5) is 0 Å². The van der Waals surface area contributed by atoms with Gasteiger partial charge in [0.05, 0.1) is 0 Å². The monoisotopic (exact) mass is 232 g/mol. The Morgan fingerprint density at radius 1 is 1.35 bits per heavy atom. The third kappa shape index (κ3) is 2.86. The summed E-state index contributed by atoms with van der Waals surface area (Å²) >= 11 is 0. The fraction of sp³-hybridized carbons (Fsp3) is 0.500.